The third kappa shape index (κ3) is 6.02. The first-order valence-electron chi connectivity index (χ1n) is 10.6. The van der Waals surface area contributed by atoms with E-state index in [9.17, 15) is 35.1 Å². The van der Waals surface area contributed by atoms with E-state index in [2.05, 4.69) is 9.47 Å². The van der Waals surface area contributed by atoms with Gasteiger partial charge in [0, 0.05) is 5.56 Å². The largest absolute Gasteiger partial charge is 0.573 e. The fourth-order valence-electron chi connectivity index (χ4n) is 3.59. The number of hydrogen-bond acceptors (Lipinski definition) is 2. The summed E-state index contributed by atoms with van der Waals surface area (Å²) in [5.41, 5.74) is -0.0755. The van der Waals surface area contributed by atoms with Crippen LogP contribution in [0.15, 0.2) is 78.9 Å². The van der Waals surface area contributed by atoms with E-state index in [1.54, 1.807) is 12.1 Å². The van der Waals surface area contributed by atoms with Gasteiger partial charge < -0.3 is 9.47 Å². The second kappa shape index (κ2) is 9.76. The maximum atomic E-state index is 14.8. The highest BCUT2D eigenvalue weighted by molar-refractivity contribution is 5.71. The van der Waals surface area contributed by atoms with Crippen LogP contribution in [0.1, 0.15) is 11.1 Å². The van der Waals surface area contributed by atoms with Crippen LogP contribution in [-0.4, -0.2) is 6.36 Å². The molecule has 0 radical (unpaired) electrons. The lowest BCUT2D eigenvalue weighted by atomic mass is 9.98. The minimum atomic E-state index is -5.00. The summed E-state index contributed by atoms with van der Waals surface area (Å²) >= 11 is 0. The van der Waals surface area contributed by atoms with Gasteiger partial charge in [-0.2, -0.15) is 8.78 Å². The zero-order chi connectivity index (χ0) is 27.0. The van der Waals surface area contributed by atoms with E-state index >= 15 is 0 Å². The molecule has 0 unspecified atom stereocenters. The highest BCUT2D eigenvalue weighted by atomic mass is 19.4. The van der Waals surface area contributed by atoms with Crippen molar-refractivity contribution in [3.05, 3.63) is 107 Å². The van der Waals surface area contributed by atoms with Crippen LogP contribution >= 0.6 is 0 Å². The molecule has 0 heterocycles. The van der Waals surface area contributed by atoms with Crippen LogP contribution in [0.3, 0.4) is 0 Å². The Kier molecular flexibility index (Phi) is 6.86. The first-order valence-corrected chi connectivity index (χ1v) is 10.6. The van der Waals surface area contributed by atoms with Gasteiger partial charge >= 0.3 is 12.5 Å². The molecule has 0 amide bonds. The van der Waals surface area contributed by atoms with Crippen LogP contribution in [0.25, 0.3) is 22.3 Å². The van der Waals surface area contributed by atoms with Gasteiger partial charge in [-0.15, -0.1) is 13.2 Å². The normalized spacial score (nSPS) is 11.9. The molecule has 0 aliphatic carbocycles. The van der Waals surface area contributed by atoms with Gasteiger partial charge in [0.25, 0.3) is 0 Å². The van der Waals surface area contributed by atoms with Gasteiger partial charge in [-0.1, -0.05) is 42.0 Å². The van der Waals surface area contributed by atoms with Crippen molar-refractivity contribution in [3.8, 4) is 33.8 Å². The Morgan fingerprint density at radius 2 is 1.03 bits per heavy atom. The van der Waals surface area contributed by atoms with E-state index in [0.29, 0.717) is 47.5 Å². The van der Waals surface area contributed by atoms with Crippen molar-refractivity contribution in [2.45, 2.75) is 19.4 Å². The Morgan fingerprint density at radius 3 is 1.54 bits per heavy atom. The van der Waals surface area contributed by atoms with Crippen molar-refractivity contribution in [1.29, 1.82) is 0 Å². The first kappa shape index (κ1) is 26.0. The molecule has 0 saturated heterocycles. The third-order valence-corrected chi connectivity index (χ3v) is 5.30. The maximum Gasteiger partial charge on any atom is 0.573 e. The second-order valence-electron chi connectivity index (χ2n) is 8.01. The molecule has 10 heteroatoms. The number of aryl methyl sites for hydroxylation is 1. The molecule has 37 heavy (non-hydrogen) atoms. The molecule has 0 aliphatic heterocycles. The van der Waals surface area contributed by atoms with E-state index in [0.717, 1.165) is 11.6 Å². The van der Waals surface area contributed by atoms with Crippen LogP contribution in [0, 0.1) is 24.4 Å². The predicted octanol–water partition coefficient (Wildman–Crippen LogP) is 8.77. The Morgan fingerprint density at radius 1 is 0.541 bits per heavy atom. The molecular weight excluding hydrogens is 508 g/mol. The van der Waals surface area contributed by atoms with Crippen molar-refractivity contribution >= 4 is 0 Å². The van der Waals surface area contributed by atoms with Crippen molar-refractivity contribution < 1.29 is 44.6 Å². The lowest BCUT2D eigenvalue weighted by Gasteiger charge is -2.20. The molecule has 0 fully saturated rings. The molecule has 192 valence electrons. The molecule has 4 aromatic rings. The summed E-state index contributed by atoms with van der Waals surface area (Å²) in [6.45, 7) is 1.89. The van der Waals surface area contributed by atoms with Gasteiger partial charge in [0.1, 0.15) is 34.5 Å². The van der Waals surface area contributed by atoms with Gasteiger partial charge in [0.05, 0.1) is 0 Å². The van der Waals surface area contributed by atoms with Crippen LogP contribution in [-0.2, 0) is 6.11 Å². The first-order chi connectivity index (χ1) is 17.3. The van der Waals surface area contributed by atoms with Crippen molar-refractivity contribution in [3.63, 3.8) is 0 Å². The summed E-state index contributed by atoms with van der Waals surface area (Å²) in [6, 6.07) is 15.1. The molecule has 0 atom stereocenters. The topological polar surface area (TPSA) is 18.5 Å². The minimum absolute atomic E-state index is 0.218. The molecule has 0 bridgehead atoms. The Hall–Kier alpha value is -4.08. The van der Waals surface area contributed by atoms with Crippen LogP contribution < -0.4 is 9.47 Å². The number of hydrogen-bond donors (Lipinski definition) is 0. The van der Waals surface area contributed by atoms with Crippen molar-refractivity contribution in [1.82, 2.24) is 0 Å². The lowest BCUT2D eigenvalue weighted by Crippen LogP contribution is -2.25. The fourth-order valence-corrected chi connectivity index (χ4v) is 3.59. The Balaban J connectivity index is 1.59. The molecule has 0 N–H and O–H groups in total. The maximum absolute atomic E-state index is 14.8. The van der Waals surface area contributed by atoms with Gasteiger partial charge in [-0.25, -0.2) is 13.2 Å². The molecule has 4 rings (SSSR count). The van der Waals surface area contributed by atoms with Crippen LogP contribution in [0.4, 0.5) is 35.1 Å². The molecule has 0 aromatic heterocycles. The highest BCUT2D eigenvalue weighted by Gasteiger charge is 2.41. The van der Waals surface area contributed by atoms with E-state index in [1.807, 2.05) is 19.1 Å². The quantitative estimate of drug-likeness (QED) is 0.235. The smallest absolute Gasteiger partial charge is 0.429 e. The van der Waals surface area contributed by atoms with Crippen LogP contribution in [0.2, 0.25) is 0 Å². The second-order valence-corrected chi connectivity index (χ2v) is 8.01. The van der Waals surface area contributed by atoms with E-state index < -0.39 is 47.0 Å². The monoisotopic (exact) mass is 524 g/mol. The zero-order valence-electron chi connectivity index (χ0n) is 18.8. The summed E-state index contributed by atoms with van der Waals surface area (Å²) in [5.74, 6) is -5.63. The Labute approximate surface area is 205 Å². The van der Waals surface area contributed by atoms with E-state index in [4.69, 9.17) is 0 Å². The molecule has 0 saturated carbocycles. The molecule has 4 aromatic carbocycles. The lowest BCUT2D eigenvalue weighted by molar-refractivity contribution is -0.274. The van der Waals surface area contributed by atoms with Crippen molar-refractivity contribution in [2.24, 2.45) is 0 Å². The standard InChI is InChI=1S/C27H16F8O2/c1-15-2-4-16(5-3-15)17-6-11-21(22(28)12-17)18-13-23(29)25(24(30)14-18)26(31,32)36-19-7-9-20(10-8-19)37-27(33,34)35/h2-14H,1H3. The molecule has 0 aliphatic rings. The number of halogens is 8. The number of benzene rings is 4. The number of alkyl halides is 5. The predicted molar refractivity (Wildman–Crippen MR) is 120 cm³/mol. The number of rotatable bonds is 6. The summed E-state index contributed by atoms with van der Waals surface area (Å²) in [6.07, 6.45) is -9.55. The van der Waals surface area contributed by atoms with Gasteiger partial charge in [0.15, 0.2) is 0 Å². The van der Waals surface area contributed by atoms with E-state index in [-0.39, 0.29) is 11.1 Å². The van der Waals surface area contributed by atoms with Crippen LogP contribution in [0.5, 0.6) is 11.5 Å². The van der Waals surface area contributed by atoms with Crippen molar-refractivity contribution in [2.75, 3.05) is 0 Å². The SMILES string of the molecule is Cc1ccc(-c2ccc(-c3cc(F)c(C(F)(F)Oc4ccc(OC(F)(F)F)cc4)c(F)c3)c(F)c2)cc1. The number of ether oxygens (including phenoxy) is 2. The Bertz CT molecular complexity index is 1390. The van der Waals surface area contributed by atoms with Gasteiger partial charge in [0.2, 0.25) is 0 Å². The summed E-state index contributed by atoms with van der Waals surface area (Å²) in [5, 5.41) is 0. The average Bonchev–Trinajstić information content (AvgIpc) is 2.79. The molecule has 2 nitrogen and oxygen atoms in total. The average molecular weight is 524 g/mol. The van der Waals surface area contributed by atoms with E-state index in [1.165, 1.54) is 12.1 Å². The summed E-state index contributed by atoms with van der Waals surface area (Å²) in [7, 11) is 0. The highest BCUT2D eigenvalue weighted by Crippen LogP contribution is 2.38. The molecule has 0 spiro atoms. The third-order valence-electron chi connectivity index (χ3n) is 5.30. The minimum Gasteiger partial charge on any atom is -0.429 e. The zero-order valence-corrected chi connectivity index (χ0v) is 18.8. The van der Waals surface area contributed by atoms with Gasteiger partial charge in [-0.3, -0.25) is 0 Å². The summed E-state index contributed by atoms with van der Waals surface area (Å²) in [4.78, 5) is 0. The molecular formula is C27H16F8O2. The van der Waals surface area contributed by atoms with Gasteiger partial charge in [-0.05, 0) is 66.1 Å². The fraction of sp³-hybridized carbons (Fsp3) is 0.111. The summed E-state index contributed by atoms with van der Waals surface area (Å²) < 4.78 is 118.